The highest BCUT2D eigenvalue weighted by molar-refractivity contribution is 6.79. The standard InChI is InChI=1S/C16H31NO3Si3/c1-21(2,3)17-13-10-11-14(16(18)20-23(7,8)9)15(12-13)19-22(4,5)6/h10-12,17H,1-9H3. The van der Waals surface area contributed by atoms with Crippen LogP contribution in [0.3, 0.4) is 0 Å². The Bertz CT molecular complexity index is 569. The number of hydrogen-bond acceptors (Lipinski definition) is 4. The molecule has 0 aromatic heterocycles. The van der Waals surface area contributed by atoms with Crippen molar-refractivity contribution < 1.29 is 13.6 Å². The molecule has 0 radical (unpaired) electrons. The number of benzene rings is 1. The summed E-state index contributed by atoms with van der Waals surface area (Å²) in [6.07, 6.45) is 0. The third kappa shape index (κ3) is 7.85. The highest BCUT2D eigenvalue weighted by Gasteiger charge is 2.26. The number of nitrogens with one attached hydrogen (secondary N) is 1. The summed E-state index contributed by atoms with van der Waals surface area (Å²) in [5.41, 5.74) is 1.53. The summed E-state index contributed by atoms with van der Waals surface area (Å²) in [6.45, 7) is 19.1. The van der Waals surface area contributed by atoms with E-state index in [0.29, 0.717) is 11.3 Å². The van der Waals surface area contributed by atoms with Crippen molar-refractivity contribution in [2.45, 2.75) is 58.9 Å². The maximum atomic E-state index is 12.5. The maximum Gasteiger partial charge on any atom is 0.328 e. The summed E-state index contributed by atoms with van der Waals surface area (Å²) in [5, 5.41) is 0. The van der Waals surface area contributed by atoms with Crippen LogP contribution in [-0.2, 0) is 4.43 Å². The van der Waals surface area contributed by atoms with Gasteiger partial charge in [0, 0.05) is 11.8 Å². The number of carbonyl (C=O) groups excluding carboxylic acids is 1. The minimum atomic E-state index is -1.94. The van der Waals surface area contributed by atoms with Gasteiger partial charge >= 0.3 is 5.97 Å². The molecule has 1 N–H and O–H groups in total. The van der Waals surface area contributed by atoms with Crippen LogP contribution in [0.4, 0.5) is 5.69 Å². The summed E-state index contributed by atoms with van der Waals surface area (Å²) in [7, 11) is -5.23. The summed E-state index contributed by atoms with van der Waals surface area (Å²) < 4.78 is 11.8. The summed E-state index contributed by atoms with van der Waals surface area (Å²) in [5.74, 6) is 0.354. The monoisotopic (exact) mass is 369 g/mol. The molecule has 0 bridgehead atoms. The van der Waals surface area contributed by atoms with Gasteiger partial charge in [0.1, 0.15) is 14.0 Å². The van der Waals surface area contributed by atoms with E-state index in [0.717, 1.165) is 5.69 Å². The lowest BCUT2D eigenvalue weighted by Gasteiger charge is -2.25. The Morgan fingerprint density at radius 1 is 0.913 bits per heavy atom. The van der Waals surface area contributed by atoms with Crippen molar-refractivity contribution in [1.82, 2.24) is 0 Å². The second kappa shape index (κ2) is 6.82. The van der Waals surface area contributed by atoms with E-state index < -0.39 is 24.9 Å². The zero-order chi connectivity index (χ0) is 18.1. The van der Waals surface area contributed by atoms with E-state index in [1.54, 1.807) is 0 Å². The molecule has 0 saturated carbocycles. The molecular formula is C16H31NO3Si3. The molecule has 1 aromatic rings. The fourth-order valence-electron chi connectivity index (χ4n) is 1.95. The minimum absolute atomic E-state index is 0.281. The van der Waals surface area contributed by atoms with Gasteiger partial charge in [-0.2, -0.15) is 0 Å². The predicted octanol–water partition coefficient (Wildman–Crippen LogP) is 5.14. The quantitative estimate of drug-likeness (QED) is 0.705. The molecule has 0 aliphatic carbocycles. The van der Waals surface area contributed by atoms with Crippen molar-refractivity contribution in [2.24, 2.45) is 0 Å². The molecule has 130 valence electrons. The molecule has 0 aliphatic heterocycles. The first kappa shape index (κ1) is 20.0. The van der Waals surface area contributed by atoms with E-state index in [4.69, 9.17) is 8.85 Å². The lowest BCUT2D eigenvalue weighted by Crippen LogP contribution is -2.33. The fourth-order valence-corrected chi connectivity index (χ4v) is 4.47. The molecule has 1 aromatic carbocycles. The van der Waals surface area contributed by atoms with Gasteiger partial charge in [0.2, 0.25) is 16.6 Å². The van der Waals surface area contributed by atoms with Crippen LogP contribution >= 0.6 is 0 Å². The Labute approximate surface area is 143 Å². The molecule has 1 rings (SSSR count). The fraction of sp³-hybridized carbons (Fsp3) is 0.562. The van der Waals surface area contributed by atoms with Crippen molar-refractivity contribution in [3.8, 4) is 5.75 Å². The highest BCUT2D eigenvalue weighted by atomic mass is 28.4. The van der Waals surface area contributed by atoms with Crippen LogP contribution in [0.25, 0.3) is 0 Å². The van der Waals surface area contributed by atoms with Crippen LogP contribution in [0.1, 0.15) is 10.4 Å². The van der Waals surface area contributed by atoms with E-state index >= 15 is 0 Å². The zero-order valence-electron chi connectivity index (χ0n) is 16.0. The van der Waals surface area contributed by atoms with E-state index in [9.17, 15) is 4.79 Å². The van der Waals surface area contributed by atoms with E-state index in [1.807, 2.05) is 37.8 Å². The predicted molar refractivity (Wildman–Crippen MR) is 106 cm³/mol. The van der Waals surface area contributed by atoms with Gasteiger partial charge in [-0.1, -0.05) is 19.6 Å². The molecule has 0 unspecified atom stereocenters. The zero-order valence-corrected chi connectivity index (χ0v) is 19.0. The smallest absolute Gasteiger partial charge is 0.328 e. The van der Waals surface area contributed by atoms with Gasteiger partial charge in [-0.3, -0.25) is 0 Å². The second-order valence-corrected chi connectivity index (χ2v) is 22.4. The average molecular weight is 370 g/mol. The Morgan fingerprint density at radius 3 is 1.91 bits per heavy atom. The van der Waals surface area contributed by atoms with Gasteiger partial charge in [-0.15, -0.1) is 0 Å². The van der Waals surface area contributed by atoms with Crippen molar-refractivity contribution in [2.75, 3.05) is 4.98 Å². The van der Waals surface area contributed by atoms with Gasteiger partial charge < -0.3 is 13.8 Å². The largest absolute Gasteiger partial charge is 0.544 e. The van der Waals surface area contributed by atoms with Crippen molar-refractivity contribution in [1.29, 1.82) is 0 Å². The number of rotatable bonds is 6. The van der Waals surface area contributed by atoms with Crippen LogP contribution in [0.5, 0.6) is 5.75 Å². The first-order valence-corrected chi connectivity index (χ1v) is 18.3. The van der Waals surface area contributed by atoms with Crippen LogP contribution in [0, 0.1) is 0 Å². The normalized spacial score (nSPS) is 12.7. The topological polar surface area (TPSA) is 47.6 Å². The molecule has 0 saturated heterocycles. The molecule has 0 spiro atoms. The summed E-state index contributed by atoms with van der Waals surface area (Å²) in [4.78, 5) is 16.1. The van der Waals surface area contributed by atoms with Crippen LogP contribution in [0.2, 0.25) is 58.9 Å². The molecule has 23 heavy (non-hydrogen) atoms. The van der Waals surface area contributed by atoms with Gasteiger partial charge in [0.05, 0.1) is 5.56 Å². The summed E-state index contributed by atoms with van der Waals surface area (Å²) in [6, 6.07) is 5.70. The van der Waals surface area contributed by atoms with E-state index in [2.05, 4.69) is 44.3 Å². The van der Waals surface area contributed by atoms with Crippen LogP contribution < -0.4 is 9.41 Å². The molecule has 0 heterocycles. The number of carbonyl (C=O) groups is 1. The summed E-state index contributed by atoms with van der Waals surface area (Å²) >= 11 is 0. The molecule has 4 nitrogen and oxygen atoms in total. The Morgan fingerprint density at radius 2 is 1.48 bits per heavy atom. The van der Waals surface area contributed by atoms with Crippen molar-refractivity contribution in [3.63, 3.8) is 0 Å². The maximum absolute atomic E-state index is 12.5. The second-order valence-electron chi connectivity index (χ2n) is 8.80. The van der Waals surface area contributed by atoms with Gasteiger partial charge in [0.15, 0.2) is 0 Å². The number of anilines is 1. The number of hydrogen-bond donors (Lipinski definition) is 1. The van der Waals surface area contributed by atoms with Crippen LogP contribution in [-0.4, -0.2) is 30.8 Å². The molecule has 0 atom stereocenters. The molecule has 0 amide bonds. The molecule has 0 fully saturated rings. The van der Waals surface area contributed by atoms with Gasteiger partial charge in [-0.05, 0) is 51.4 Å². The van der Waals surface area contributed by atoms with Crippen LogP contribution in [0.15, 0.2) is 18.2 Å². The Kier molecular flexibility index (Phi) is 5.93. The SMILES string of the molecule is C[Si](C)(C)Nc1ccc(C(=O)O[Si](C)(C)C)c(O[Si](C)(C)C)c1. The lowest BCUT2D eigenvalue weighted by molar-refractivity contribution is 0.0722. The third-order valence-electron chi connectivity index (χ3n) is 2.54. The lowest BCUT2D eigenvalue weighted by atomic mass is 10.2. The molecule has 7 heteroatoms. The van der Waals surface area contributed by atoms with Gasteiger partial charge in [-0.25, -0.2) is 4.79 Å². The van der Waals surface area contributed by atoms with E-state index in [-0.39, 0.29) is 5.97 Å². The molecular weight excluding hydrogens is 338 g/mol. The first-order chi connectivity index (χ1) is 10.2. The first-order valence-electron chi connectivity index (χ1n) is 8.01. The Hall–Kier alpha value is -1.06. The van der Waals surface area contributed by atoms with Crippen molar-refractivity contribution in [3.05, 3.63) is 23.8 Å². The average Bonchev–Trinajstić information content (AvgIpc) is 2.21. The van der Waals surface area contributed by atoms with E-state index in [1.165, 1.54) is 0 Å². The molecule has 0 aliphatic rings. The highest BCUT2D eigenvalue weighted by Crippen LogP contribution is 2.28. The third-order valence-corrected chi connectivity index (χ3v) is 5.20. The Balaban J connectivity index is 3.21. The van der Waals surface area contributed by atoms with Gasteiger partial charge in [0.25, 0.3) is 0 Å². The van der Waals surface area contributed by atoms with Crippen molar-refractivity contribution >= 4 is 36.5 Å². The minimum Gasteiger partial charge on any atom is -0.544 e.